The molecule has 1 fully saturated rings. The van der Waals surface area contributed by atoms with E-state index in [-0.39, 0.29) is 10.8 Å². The Morgan fingerprint density at radius 2 is 2.24 bits per heavy atom. The summed E-state index contributed by atoms with van der Waals surface area (Å²) in [7, 11) is 0. The number of hydrogen-bond acceptors (Lipinski definition) is 2. The highest BCUT2D eigenvalue weighted by molar-refractivity contribution is 6.30. The van der Waals surface area contributed by atoms with E-state index in [0.29, 0.717) is 24.2 Å². The molecule has 4 heteroatoms. The van der Waals surface area contributed by atoms with Crippen LogP contribution in [0.15, 0.2) is 18.2 Å². The molecule has 1 aliphatic heterocycles. The lowest BCUT2D eigenvalue weighted by atomic mass is 10.1. The quantitative estimate of drug-likeness (QED) is 0.875. The van der Waals surface area contributed by atoms with Crippen LogP contribution in [-0.2, 0) is 6.54 Å². The normalized spacial score (nSPS) is 26.1. The molecule has 0 bridgehead atoms. The van der Waals surface area contributed by atoms with Gasteiger partial charge in [0.05, 0.1) is 5.02 Å². The molecule has 1 aromatic rings. The molecule has 1 aromatic carbocycles. The van der Waals surface area contributed by atoms with Gasteiger partial charge in [0.15, 0.2) is 0 Å². The van der Waals surface area contributed by atoms with Crippen molar-refractivity contribution in [2.75, 3.05) is 13.1 Å². The summed E-state index contributed by atoms with van der Waals surface area (Å²) in [4.78, 5) is 2.29. The van der Waals surface area contributed by atoms with Crippen molar-refractivity contribution in [1.29, 1.82) is 0 Å². The topological polar surface area (TPSA) is 15.3 Å². The zero-order valence-corrected chi connectivity index (χ0v) is 11.0. The number of halogens is 2. The molecule has 2 nitrogen and oxygen atoms in total. The summed E-state index contributed by atoms with van der Waals surface area (Å²) in [6, 6.07) is 6.07. The molecule has 0 amide bonds. The first-order chi connectivity index (χ1) is 8.08. The first kappa shape index (κ1) is 12.8. The summed E-state index contributed by atoms with van der Waals surface area (Å²) in [5.41, 5.74) is 0.679. The van der Waals surface area contributed by atoms with Crippen molar-refractivity contribution >= 4 is 11.6 Å². The Kier molecular flexibility index (Phi) is 4.02. The minimum absolute atomic E-state index is 0.207. The van der Waals surface area contributed by atoms with Crippen LogP contribution in [0.3, 0.4) is 0 Å². The second kappa shape index (κ2) is 5.34. The van der Waals surface area contributed by atoms with Crippen LogP contribution in [0.25, 0.3) is 0 Å². The minimum Gasteiger partial charge on any atom is -0.311 e. The van der Waals surface area contributed by atoms with Gasteiger partial charge in [0, 0.05) is 37.3 Å². The Bertz CT molecular complexity index is 397. The minimum atomic E-state index is -0.285. The standard InChI is InChI=1S/C13H18ClFN2/c1-9-7-17(10(2)6-16-9)8-11-4-3-5-12(14)13(11)15/h3-5,9-10,16H,6-8H2,1-2H3. The van der Waals surface area contributed by atoms with Crippen LogP contribution in [0.4, 0.5) is 4.39 Å². The van der Waals surface area contributed by atoms with Crippen LogP contribution in [0.1, 0.15) is 19.4 Å². The largest absolute Gasteiger partial charge is 0.311 e. The van der Waals surface area contributed by atoms with E-state index in [1.165, 1.54) is 0 Å². The van der Waals surface area contributed by atoms with Gasteiger partial charge < -0.3 is 5.32 Å². The molecule has 1 heterocycles. The molecule has 2 unspecified atom stereocenters. The third-order valence-electron chi connectivity index (χ3n) is 3.30. The zero-order chi connectivity index (χ0) is 12.4. The smallest absolute Gasteiger partial charge is 0.146 e. The number of nitrogens with one attached hydrogen (secondary N) is 1. The maximum absolute atomic E-state index is 13.8. The molecule has 0 aromatic heterocycles. The van der Waals surface area contributed by atoms with Gasteiger partial charge in [0.2, 0.25) is 0 Å². The van der Waals surface area contributed by atoms with Gasteiger partial charge in [0.1, 0.15) is 5.82 Å². The predicted octanol–water partition coefficient (Wildman–Crippen LogP) is 2.66. The average molecular weight is 257 g/mol. The first-order valence-corrected chi connectivity index (χ1v) is 6.36. The Labute approximate surface area is 107 Å². The number of hydrogen-bond donors (Lipinski definition) is 1. The van der Waals surface area contributed by atoms with E-state index in [1.54, 1.807) is 18.2 Å². The molecule has 1 N–H and O–H groups in total. The fourth-order valence-corrected chi connectivity index (χ4v) is 2.40. The molecule has 0 aliphatic carbocycles. The molecule has 2 atom stereocenters. The van der Waals surface area contributed by atoms with Crippen molar-refractivity contribution in [2.45, 2.75) is 32.5 Å². The van der Waals surface area contributed by atoms with E-state index in [2.05, 4.69) is 24.1 Å². The highest BCUT2D eigenvalue weighted by atomic mass is 35.5. The maximum Gasteiger partial charge on any atom is 0.146 e. The van der Waals surface area contributed by atoms with Crippen LogP contribution in [0.2, 0.25) is 5.02 Å². The summed E-state index contributed by atoms with van der Waals surface area (Å²) < 4.78 is 13.8. The SMILES string of the molecule is CC1CN(Cc2cccc(Cl)c2F)C(C)CN1. The second-order valence-corrected chi connectivity index (χ2v) is 5.21. The van der Waals surface area contributed by atoms with Gasteiger partial charge in [-0.3, -0.25) is 4.90 Å². The van der Waals surface area contributed by atoms with E-state index in [9.17, 15) is 4.39 Å². The van der Waals surface area contributed by atoms with E-state index in [1.807, 2.05) is 0 Å². The summed E-state index contributed by atoms with van der Waals surface area (Å²) in [6.45, 7) is 6.81. The van der Waals surface area contributed by atoms with Crippen LogP contribution in [-0.4, -0.2) is 30.1 Å². The van der Waals surface area contributed by atoms with Gasteiger partial charge in [-0.05, 0) is 19.9 Å². The van der Waals surface area contributed by atoms with Gasteiger partial charge in [-0.25, -0.2) is 4.39 Å². The lowest BCUT2D eigenvalue weighted by Gasteiger charge is -2.37. The Balaban J connectivity index is 2.11. The van der Waals surface area contributed by atoms with Crippen molar-refractivity contribution in [2.24, 2.45) is 0 Å². The Hall–Kier alpha value is -0.640. The lowest BCUT2D eigenvalue weighted by molar-refractivity contribution is 0.137. The second-order valence-electron chi connectivity index (χ2n) is 4.80. The molecule has 1 aliphatic rings. The van der Waals surface area contributed by atoms with Crippen molar-refractivity contribution in [3.63, 3.8) is 0 Å². The Morgan fingerprint density at radius 3 is 3.00 bits per heavy atom. The van der Waals surface area contributed by atoms with E-state index >= 15 is 0 Å². The third-order valence-corrected chi connectivity index (χ3v) is 3.59. The Morgan fingerprint density at radius 1 is 1.47 bits per heavy atom. The highest BCUT2D eigenvalue weighted by Crippen LogP contribution is 2.20. The first-order valence-electron chi connectivity index (χ1n) is 5.98. The van der Waals surface area contributed by atoms with Gasteiger partial charge >= 0.3 is 0 Å². The van der Waals surface area contributed by atoms with Crippen molar-refractivity contribution < 1.29 is 4.39 Å². The monoisotopic (exact) mass is 256 g/mol. The van der Waals surface area contributed by atoms with Crippen molar-refractivity contribution in [1.82, 2.24) is 10.2 Å². The molecule has 17 heavy (non-hydrogen) atoms. The molecule has 0 radical (unpaired) electrons. The summed E-state index contributed by atoms with van der Waals surface area (Å²) in [6.07, 6.45) is 0. The molecular weight excluding hydrogens is 239 g/mol. The van der Waals surface area contributed by atoms with Crippen molar-refractivity contribution in [3.8, 4) is 0 Å². The maximum atomic E-state index is 13.8. The molecule has 0 saturated carbocycles. The van der Waals surface area contributed by atoms with Crippen LogP contribution in [0.5, 0.6) is 0 Å². The molecule has 2 rings (SSSR count). The van der Waals surface area contributed by atoms with Gasteiger partial charge in [-0.2, -0.15) is 0 Å². The fraction of sp³-hybridized carbons (Fsp3) is 0.538. The third kappa shape index (κ3) is 2.97. The van der Waals surface area contributed by atoms with Crippen LogP contribution in [0, 0.1) is 5.82 Å². The van der Waals surface area contributed by atoms with Gasteiger partial charge in [-0.15, -0.1) is 0 Å². The lowest BCUT2D eigenvalue weighted by Crippen LogP contribution is -2.53. The molecule has 0 spiro atoms. The predicted molar refractivity (Wildman–Crippen MR) is 68.7 cm³/mol. The van der Waals surface area contributed by atoms with Crippen LogP contribution < -0.4 is 5.32 Å². The van der Waals surface area contributed by atoms with E-state index in [4.69, 9.17) is 11.6 Å². The molecule has 94 valence electrons. The summed E-state index contributed by atoms with van der Waals surface area (Å²) in [5.74, 6) is -0.285. The van der Waals surface area contributed by atoms with Gasteiger partial charge in [0.25, 0.3) is 0 Å². The summed E-state index contributed by atoms with van der Waals surface area (Å²) >= 11 is 5.79. The summed E-state index contributed by atoms with van der Waals surface area (Å²) in [5, 5.41) is 3.62. The zero-order valence-electron chi connectivity index (χ0n) is 10.2. The number of piperazine rings is 1. The highest BCUT2D eigenvalue weighted by Gasteiger charge is 2.23. The fourth-order valence-electron chi connectivity index (χ4n) is 2.21. The number of benzene rings is 1. The number of rotatable bonds is 2. The van der Waals surface area contributed by atoms with Gasteiger partial charge in [-0.1, -0.05) is 23.7 Å². The van der Waals surface area contributed by atoms with E-state index in [0.717, 1.165) is 13.1 Å². The van der Waals surface area contributed by atoms with Crippen molar-refractivity contribution in [3.05, 3.63) is 34.6 Å². The molecular formula is C13H18ClFN2. The number of nitrogens with zero attached hydrogens (tertiary/aromatic N) is 1. The molecule has 1 saturated heterocycles. The van der Waals surface area contributed by atoms with Crippen LogP contribution >= 0.6 is 11.6 Å². The van der Waals surface area contributed by atoms with E-state index < -0.39 is 0 Å². The average Bonchev–Trinajstić information content (AvgIpc) is 2.30.